The van der Waals surface area contributed by atoms with Crippen molar-refractivity contribution in [2.24, 2.45) is 0 Å². The molecular formula is C9H11NO3S. The second-order valence-corrected chi connectivity index (χ2v) is 3.92. The molecule has 1 fully saturated rings. The van der Waals surface area contributed by atoms with Gasteiger partial charge in [0.25, 0.3) is 0 Å². The van der Waals surface area contributed by atoms with E-state index in [1.54, 1.807) is 0 Å². The maximum atomic E-state index is 11.5. The van der Waals surface area contributed by atoms with Crippen molar-refractivity contribution >= 4 is 23.6 Å². The van der Waals surface area contributed by atoms with Gasteiger partial charge in [-0.2, -0.15) is 0 Å². The van der Waals surface area contributed by atoms with Crippen LogP contribution in [0.5, 0.6) is 0 Å². The molecule has 14 heavy (non-hydrogen) atoms. The lowest BCUT2D eigenvalue weighted by Gasteiger charge is -2.19. The number of carbonyl (C=O) groups is 2. The van der Waals surface area contributed by atoms with Crippen LogP contribution in [-0.4, -0.2) is 39.6 Å². The minimum atomic E-state index is -0.941. The molecule has 1 unspecified atom stereocenters. The van der Waals surface area contributed by atoms with Gasteiger partial charge in [0.15, 0.2) is 0 Å². The van der Waals surface area contributed by atoms with Gasteiger partial charge in [0.05, 0.1) is 5.88 Å². The molecule has 76 valence electrons. The number of carbonyl (C=O) groups excluding carboxylic acids is 1. The molecular weight excluding hydrogens is 202 g/mol. The minimum Gasteiger partial charge on any atom is -0.480 e. The number of rotatable bonds is 3. The highest BCUT2D eigenvalue weighted by Gasteiger charge is 2.33. The first-order valence-electron chi connectivity index (χ1n) is 4.20. The van der Waals surface area contributed by atoms with Gasteiger partial charge in [-0.25, -0.2) is 4.79 Å². The SMILES string of the molecule is C#CCCC(=O)N1CSCC1C(=O)O. The zero-order valence-electron chi connectivity index (χ0n) is 7.60. The summed E-state index contributed by atoms with van der Waals surface area (Å²) >= 11 is 1.45. The third-order valence-electron chi connectivity index (χ3n) is 1.97. The van der Waals surface area contributed by atoms with E-state index >= 15 is 0 Å². The Kier molecular flexibility index (Phi) is 3.84. The standard InChI is InChI=1S/C9H11NO3S/c1-2-3-4-8(11)10-6-14-5-7(10)9(12)13/h1,7H,3-6H2,(H,12,13). The fourth-order valence-corrected chi connectivity index (χ4v) is 2.39. The summed E-state index contributed by atoms with van der Waals surface area (Å²) in [7, 11) is 0. The van der Waals surface area contributed by atoms with Crippen LogP contribution in [0.15, 0.2) is 0 Å². The Morgan fingerprint density at radius 1 is 1.64 bits per heavy atom. The highest BCUT2D eigenvalue weighted by Crippen LogP contribution is 2.21. The number of terminal acetylenes is 1. The third-order valence-corrected chi connectivity index (χ3v) is 2.98. The maximum Gasteiger partial charge on any atom is 0.327 e. The highest BCUT2D eigenvalue weighted by molar-refractivity contribution is 7.99. The van der Waals surface area contributed by atoms with E-state index in [9.17, 15) is 9.59 Å². The van der Waals surface area contributed by atoms with Gasteiger partial charge in [0.2, 0.25) is 5.91 Å². The molecule has 5 heteroatoms. The van der Waals surface area contributed by atoms with Crippen LogP contribution in [0, 0.1) is 12.3 Å². The van der Waals surface area contributed by atoms with Gasteiger partial charge in [0, 0.05) is 18.6 Å². The number of hydrogen-bond acceptors (Lipinski definition) is 3. The van der Waals surface area contributed by atoms with Gasteiger partial charge in [-0.3, -0.25) is 4.79 Å². The second-order valence-electron chi connectivity index (χ2n) is 2.92. The van der Waals surface area contributed by atoms with Crippen LogP contribution in [0.2, 0.25) is 0 Å². The third kappa shape index (κ3) is 2.42. The first-order valence-corrected chi connectivity index (χ1v) is 5.35. The Hall–Kier alpha value is -1.15. The molecule has 0 aromatic rings. The molecule has 0 aliphatic carbocycles. The van der Waals surface area contributed by atoms with E-state index in [1.165, 1.54) is 16.7 Å². The molecule has 1 amide bonds. The fraction of sp³-hybridized carbons (Fsp3) is 0.556. The maximum absolute atomic E-state index is 11.5. The summed E-state index contributed by atoms with van der Waals surface area (Å²) < 4.78 is 0. The molecule has 1 atom stereocenters. The van der Waals surface area contributed by atoms with E-state index in [0.29, 0.717) is 18.1 Å². The van der Waals surface area contributed by atoms with Gasteiger partial charge < -0.3 is 10.0 Å². The lowest BCUT2D eigenvalue weighted by molar-refractivity contribution is -0.147. The van der Waals surface area contributed by atoms with Crippen LogP contribution in [0.1, 0.15) is 12.8 Å². The Balaban J connectivity index is 2.54. The van der Waals surface area contributed by atoms with Gasteiger partial charge >= 0.3 is 5.97 Å². The first-order chi connectivity index (χ1) is 6.66. The van der Waals surface area contributed by atoms with E-state index < -0.39 is 12.0 Å². The zero-order chi connectivity index (χ0) is 10.6. The van der Waals surface area contributed by atoms with Crippen LogP contribution in [0.25, 0.3) is 0 Å². The molecule has 0 aromatic heterocycles. The van der Waals surface area contributed by atoms with E-state index in [4.69, 9.17) is 11.5 Å². The van der Waals surface area contributed by atoms with Gasteiger partial charge in [-0.05, 0) is 0 Å². The molecule has 1 saturated heterocycles. The summed E-state index contributed by atoms with van der Waals surface area (Å²) in [5, 5.41) is 8.81. The minimum absolute atomic E-state index is 0.166. The number of hydrogen-bond donors (Lipinski definition) is 1. The van der Waals surface area contributed by atoms with E-state index in [0.717, 1.165) is 0 Å². The smallest absolute Gasteiger partial charge is 0.327 e. The largest absolute Gasteiger partial charge is 0.480 e. The molecule has 1 N–H and O–H groups in total. The quantitative estimate of drug-likeness (QED) is 0.689. The summed E-state index contributed by atoms with van der Waals surface area (Å²) in [6.45, 7) is 0. The molecule has 4 nitrogen and oxygen atoms in total. The highest BCUT2D eigenvalue weighted by atomic mass is 32.2. The molecule has 0 spiro atoms. The Bertz CT molecular complexity index is 284. The number of carboxylic acid groups (broad SMARTS) is 1. The second kappa shape index (κ2) is 4.91. The average molecular weight is 213 g/mol. The van der Waals surface area contributed by atoms with Gasteiger partial charge in [-0.15, -0.1) is 24.1 Å². The number of aliphatic carboxylic acids is 1. The molecule has 1 aliphatic rings. The fourth-order valence-electron chi connectivity index (χ4n) is 1.22. The lowest BCUT2D eigenvalue weighted by Crippen LogP contribution is -2.41. The van der Waals surface area contributed by atoms with Crippen LogP contribution in [0.4, 0.5) is 0 Å². The molecule has 0 bridgehead atoms. The molecule has 0 saturated carbocycles. The van der Waals surface area contributed by atoms with Crippen LogP contribution < -0.4 is 0 Å². The average Bonchev–Trinajstić information content (AvgIpc) is 2.62. The number of thioether (sulfide) groups is 1. The van der Waals surface area contributed by atoms with Crippen molar-refractivity contribution < 1.29 is 14.7 Å². The normalized spacial score (nSPS) is 20.5. The Morgan fingerprint density at radius 3 is 2.93 bits per heavy atom. The predicted molar refractivity (Wildman–Crippen MR) is 53.7 cm³/mol. The predicted octanol–water partition coefficient (Wildman–Crippen LogP) is 0.386. The summed E-state index contributed by atoms with van der Waals surface area (Å²) in [5.74, 6) is 2.19. The topological polar surface area (TPSA) is 57.6 Å². The molecule has 1 aliphatic heterocycles. The van der Waals surface area contributed by atoms with E-state index in [-0.39, 0.29) is 12.3 Å². The van der Waals surface area contributed by atoms with Crippen molar-refractivity contribution in [1.82, 2.24) is 4.90 Å². The van der Waals surface area contributed by atoms with Gasteiger partial charge in [-0.1, -0.05) is 0 Å². The van der Waals surface area contributed by atoms with Crippen LogP contribution in [0.3, 0.4) is 0 Å². The van der Waals surface area contributed by atoms with E-state index in [1.807, 2.05) is 0 Å². The van der Waals surface area contributed by atoms with Crippen molar-refractivity contribution in [1.29, 1.82) is 0 Å². The van der Waals surface area contributed by atoms with Crippen molar-refractivity contribution in [3.05, 3.63) is 0 Å². The van der Waals surface area contributed by atoms with Crippen LogP contribution >= 0.6 is 11.8 Å². The van der Waals surface area contributed by atoms with Crippen molar-refractivity contribution in [2.75, 3.05) is 11.6 Å². The Morgan fingerprint density at radius 2 is 2.36 bits per heavy atom. The molecule has 1 heterocycles. The Labute approximate surface area is 86.7 Å². The monoisotopic (exact) mass is 213 g/mol. The van der Waals surface area contributed by atoms with E-state index in [2.05, 4.69) is 5.92 Å². The van der Waals surface area contributed by atoms with Crippen molar-refractivity contribution in [3.8, 4) is 12.3 Å². The summed E-state index contributed by atoms with van der Waals surface area (Å²) in [5.41, 5.74) is 0. The summed E-state index contributed by atoms with van der Waals surface area (Å²) in [6.07, 6.45) is 5.63. The number of carboxylic acids is 1. The molecule has 0 aromatic carbocycles. The first kappa shape index (κ1) is 10.9. The lowest BCUT2D eigenvalue weighted by atomic mass is 10.2. The van der Waals surface area contributed by atoms with Gasteiger partial charge in [0.1, 0.15) is 6.04 Å². The number of amides is 1. The molecule has 1 rings (SSSR count). The summed E-state index contributed by atoms with van der Waals surface area (Å²) in [6, 6.07) is -0.676. The molecule has 0 radical (unpaired) electrons. The van der Waals surface area contributed by atoms with Crippen LogP contribution in [-0.2, 0) is 9.59 Å². The zero-order valence-corrected chi connectivity index (χ0v) is 8.42. The van der Waals surface area contributed by atoms with Crippen molar-refractivity contribution in [2.45, 2.75) is 18.9 Å². The summed E-state index contributed by atoms with van der Waals surface area (Å²) in [4.78, 5) is 23.6. The number of nitrogens with zero attached hydrogens (tertiary/aromatic N) is 1. The van der Waals surface area contributed by atoms with Crippen molar-refractivity contribution in [3.63, 3.8) is 0 Å².